The van der Waals surface area contributed by atoms with Crippen molar-refractivity contribution in [3.63, 3.8) is 0 Å². The number of hydrogen-bond acceptors (Lipinski definition) is 4. The Labute approximate surface area is 103 Å². The summed E-state index contributed by atoms with van der Waals surface area (Å²) in [5.74, 6) is 2.85. The molecule has 2 rings (SSSR count). The molecule has 0 bridgehead atoms. The molecular formula is C13H22N4. The molecule has 1 saturated heterocycles. The van der Waals surface area contributed by atoms with Crippen molar-refractivity contribution in [2.45, 2.75) is 33.1 Å². The molecule has 0 spiro atoms. The van der Waals surface area contributed by atoms with Crippen LogP contribution in [0.1, 0.15) is 31.7 Å². The molecule has 0 amide bonds. The van der Waals surface area contributed by atoms with Crippen molar-refractivity contribution in [3.8, 4) is 0 Å². The van der Waals surface area contributed by atoms with Gasteiger partial charge in [-0.25, -0.2) is 9.97 Å². The van der Waals surface area contributed by atoms with E-state index in [-0.39, 0.29) is 0 Å². The average Bonchev–Trinajstić information content (AvgIpc) is 2.39. The zero-order valence-electron chi connectivity index (χ0n) is 11.0. The van der Waals surface area contributed by atoms with Gasteiger partial charge in [0.15, 0.2) is 0 Å². The van der Waals surface area contributed by atoms with Crippen LogP contribution in [0.2, 0.25) is 0 Å². The highest BCUT2D eigenvalue weighted by atomic mass is 15.2. The van der Waals surface area contributed by atoms with Crippen molar-refractivity contribution < 1.29 is 0 Å². The Balaban J connectivity index is 2.21. The molecule has 0 radical (unpaired) electrons. The molecule has 1 unspecified atom stereocenters. The second-order valence-corrected chi connectivity index (χ2v) is 4.78. The third-order valence-corrected chi connectivity index (χ3v) is 3.69. The summed E-state index contributed by atoms with van der Waals surface area (Å²) in [7, 11) is 1.91. The molecule has 1 N–H and O–H groups in total. The molecule has 1 fully saturated rings. The van der Waals surface area contributed by atoms with Crippen LogP contribution in [0.5, 0.6) is 0 Å². The summed E-state index contributed by atoms with van der Waals surface area (Å²) in [6, 6.07) is 0. The van der Waals surface area contributed by atoms with Gasteiger partial charge in [-0.3, -0.25) is 0 Å². The fourth-order valence-electron chi connectivity index (χ4n) is 2.60. The topological polar surface area (TPSA) is 41.1 Å². The van der Waals surface area contributed by atoms with E-state index in [1.165, 1.54) is 19.3 Å². The Kier molecular flexibility index (Phi) is 3.82. The lowest BCUT2D eigenvalue weighted by atomic mass is 9.95. The third kappa shape index (κ3) is 2.51. The highest BCUT2D eigenvalue weighted by Crippen LogP contribution is 2.27. The maximum Gasteiger partial charge on any atom is 0.137 e. The highest BCUT2D eigenvalue weighted by Gasteiger charge is 2.21. The van der Waals surface area contributed by atoms with Crippen LogP contribution in [-0.4, -0.2) is 30.1 Å². The van der Waals surface area contributed by atoms with Crippen LogP contribution in [0, 0.1) is 12.8 Å². The first kappa shape index (κ1) is 12.1. The quantitative estimate of drug-likeness (QED) is 0.872. The normalized spacial score (nSPS) is 20.4. The van der Waals surface area contributed by atoms with Crippen molar-refractivity contribution in [2.24, 2.45) is 5.92 Å². The number of hydrogen-bond donors (Lipinski definition) is 1. The average molecular weight is 234 g/mol. The van der Waals surface area contributed by atoms with Crippen molar-refractivity contribution in [1.29, 1.82) is 0 Å². The van der Waals surface area contributed by atoms with Gasteiger partial charge in [0.25, 0.3) is 0 Å². The highest BCUT2D eigenvalue weighted by molar-refractivity contribution is 5.57. The molecular weight excluding hydrogens is 212 g/mol. The van der Waals surface area contributed by atoms with Crippen LogP contribution >= 0.6 is 0 Å². The lowest BCUT2D eigenvalue weighted by Crippen LogP contribution is -2.36. The fourth-order valence-corrected chi connectivity index (χ4v) is 2.60. The number of aromatic nitrogens is 2. The maximum absolute atomic E-state index is 4.45. The Hall–Kier alpha value is -1.32. The van der Waals surface area contributed by atoms with Gasteiger partial charge in [-0.2, -0.15) is 0 Å². The molecule has 17 heavy (non-hydrogen) atoms. The predicted molar refractivity (Wildman–Crippen MR) is 71.5 cm³/mol. The Morgan fingerprint density at radius 3 is 3.00 bits per heavy atom. The van der Waals surface area contributed by atoms with Crippen LogP contribution in [0.25, 0.3) is 0 Å². The molecule has 1 aliphatic heterocycles. The first-order valence-corrected chi connectivity index (χ1v) is 6.50. The van der Waals surface area contributed by atoms with E-state index >= 15 is 0 Å². The molecule has 1 atom stereocenters. The van der Waals surface area contributed by atoms with Gasteiger partial charge in [0.1, 0.15) is 18.0 Å². The largest absolute Gasteiger partial charge is 0.373 e. The Bertz CT molecular complexity index is 378. The maximum atomic E-state index is 4.45. The van der Waals surface area contributed by atoms with Crippen LogP contribution in [-0.2, 0) is 0 Å². The zero-order valence-corrected chi connectivity index (χ0v) is 11.0. The molecule has 1 aromatic rings. The van der Waals surface area contributed by atoms with Crippen molar-refractivity contribution >= 4 is 11.6 Å². The van der Waals surface area contributed by atoms with E-state index in [1.54, 1.807) is 6.33 Å². The SMILES string of the molecule is CCC1CCCN(c2ncnc(NC)c2C)C1. The molecule has 1 aliphatic rings. The van der Waals surface area contributed by atoms with E-state index in [0.717, 1.165) is 36.2 Å². The molecule has 0 saturated carbocycles. The molecule has 2 heterocycles. The molecule has 0 aliphatic carbocycles. The van der Waals surface area contributed by atoms with E-state index in [0.29, 0.717) is 0 Å². The van der Waals surface area contributed by atoms with Gasteiger partial charge >= 0.3 is 0 Å². The zero-order chi connectivity index (χ0) is 12.3. The monoisotopic (exact) mass is 234 g/mol. The van der Waals surface area contributed by atoms with Crippen LogP contribution in [0.4, 0.5) is 11.6 Å². The summed E-state index contributed by atoms with van der Waals surface area (Å²) >= 11 is 0. The van der Waals surface area contributed by atoms with E-state index in [2.05, 4.69) is 34.0 Å². The van der Waals surface area contributed by atoms with Gasteiger partial charge in [-0.15, -0.1) is 0 Å². The lowest BCUT2D eigenvalue weighted by Gasteiger charge is -2.34. The van der Waals surface area contributed by atoms with Crippen molar-refractivity contribution in [3.05, 3.63) is 11.9 Å². The van der Waals surface area contributed by atoms with Crippen molar-refractivity contribution in [1.82, 2.24) is 9.97 Å². The molecule has 4 heteroatoms. The van der Waals surface area contributed by atoms with Gasteiger partial charge < -0.3 is 10.2 Å². The second-order valence-electron chi connectivity index (χ2n) is 4.78. The first-order valence-electron chi connectivity index (χ1n) is 6.50. The molecule has 94 valence electrons. The number of rotatable bonds is 3. The van der Waals surface area contributed by atoms with Crippen LogP contribution in [0.15, 0.2) is 6.33 Å². The Morgan fingerprint density at radius 2 is 2.29 bits per heavy atom. The summed E-state index contributed by atoms with van der Waals surface area (Å²) in [5.41, 5.74) is 1.16. The molecule has 0 aromatic carbocycles. The van der Waals surface area contributed by atoms with Crippen LogP contribution in [0.3, 0.4) is 0 Å². The number of piperidine rings is 1. The Morgan fingerprint density at radius 1 is 1.47 bits per heavy atom. The van der Waals surface area contributed by atoms with E-state index in [1.807, 2.05) is 7.05 Å². The number of anilines is 2. The first-order chi connectivity index (χ1) is 8.26. The minimum absolute atomic E-state index is 0.816. The second kappa shape index (κ2) is 5.34. The third-order valence-electron chi connectivity index (χ3n) is 3.69. The smallest absolute Gasteiger partial charge is 0.137 e. The minimum atomic E-state index is 0.816. The van der Waals surface area contributed by atoms with Gasteiger partial charge in [-0.05, 0) is 25.7 Å². The van der Waals surface area contributed by atoms with E-state index < -0.39 is 0 Å². The lowest BCUT2D eigenvalue weighted by molar-refractivity contribution is 0.402. The predicted octanol–water partition coefficient (Wildman–Crippen LogP) is 2.45. The van der Waals surface area contributed by atoms with E-state index in [4.69, 9.17) is 0 Å². The van der Waals surface area contributed by atoms with E-state index in [9.17, 15) is 0 Å². The summed E-state index contributed by atoms with van der Waals surface area (Å²) < 4.78 is 0. The van der Waals surface area contributed by atoms with Crippen molar-refractivity contribution in [2.75, 3.05) is 30.4 Å². The van der Waals surface area contributed by atoms with Gasteiger partial charge in [0.05, 0.1) is 0 Å². The fraction of sp³-hybridized carbons (Fsp3) is 0.692. The van der Waals surface area contributed by atoms with Crippen LogP contribution < -0.4 is 10.2 Å². The number of nitrogens with zero attached hydrogens (tertiary/aromatic N) is 3. The summed E-state index contributed by atoms with van der Waals surface area (Å²) in [6.45, 7) is 6.63. The standard InChI is InChI=1S/C13H22N4/c1-4-11-6-5-7-17(8-11)13-10(2)12(14-3)15-9-16-13/h9,11H,4-8H2,1-3H3,(H,14,15,16). The summed E-state index contributed by atoms with van der Waals surface area (Å²) in [6.07, 6.45) is 5.55. The van der Waals surface area contributed by atoms with Gasteiger partial charge in [0, 0.05) is 25.7 Å². The summed E-state index contributed by atoms with van der Waals surface area (Å²) in [4.78, 5) is 11.1. The van der Waals surface area contributed by atoms with Gasteiger partial charge in [0.2, 0.25) is 0 Å². The summed E-state index contributed by atoms with van der Waals surface area (Å²) in [5, 5.41) is 3.12. The van der Waals surface area contributed by atoms with Gasteiger partial charge in [-0.1, -0.05) is 13.3 Å². The minimum Gasteiger partial charge on any atom is -0.373 e. The molecule has 4 nitrogen and oxygen atoms in total. The molecule has 1 aromatic heterocycles. The number of nitrogens with one attached hydrogen (secondary N) is 1.